The predicted octanol–water partition coefficient (Wildman–Crippen LogP) is 1.94. The summed E-state index contributed by atoms with van der Waals surface area (Å²) in [4.78, 5) is 31.3. The average Bonchev–Trinajstić information content (AvgIpc) is 2.68. The van der Waals surface area contributed by atoms with Crippen LogP contribution in [0.15, 0.2) is 33.5 Å². The number of fused-ring (bicyclic) bond motifs is 2. The molecule has 8 heteroatoms. The van der Waals surface area contributed by atoms with Crippen molar-refractivity contribution in [1.29, 1.82) is 0 Å². The predicted molar refractivity (Wildman–Crippen MR) is 101 cm³/mol. The van der Waals surface area contributed by atoms with Crippen LogP contribution in [0, 0.1) is 0 Å². The highest BCUT2D eigenvalue weighted by Crippen LogP contribution is 2.25. The van der Waals surface area contributed by atoms with Crippen molar-refractivity contribution in [1.82, 2.24) is 4.98 Å². The van der Waals surface area contributed by atoms with E-state index < -0.39 is 5.97 Å². The molecule has 1 aliphatic heterocycles. The molecule has 0 amide bonds. The topological polar surface area (TPSA) is 108 Å². The molecular formula is C19H19N3O5. The van der Waals surface area contributed by atoms with E-state index in [1.54, 1.807) is 19.1 Å². The number of esters is 1. The van der Waals surface area contributed by atoms with Crippen molar-refractivity contribution >= 4 is 39.5 Å². The number of hydrogen-bond donors (Lipinski definition) is 1. The fourth-order valence-electron chi connectivity index (χ4n) is 3.17. The monoisotopic (exact) mass is 369 g/mol. The lowest BCUT2D eigenvalue weighted by atomic mass is 10.1. The van der Waals surface area contributed by atoms with Crippen molar-refractivity contribution in [2.24, 2.45) is 0 Å². The van der Waals surface area contributed by atoms with Crippen LogP contribution in [0.3, 0.4) is 0 Å². The summed E-state index contributed by atoms with van der Waals surface area (Å²) in [5.41, 5.74) is 7.07. The third-order valence-corrected chi connectivity index (χ3v) is 4.55. The molecule has 140 valence electrons. The molecule has 4 rings (SSSR count). The molecule has 2 aromatic heterocycles. The number of ether oxygens (including phenoxy) is 2. The van der Waals surface area contributed by atoms with Gasteiger partial charge in [-0.1, -0.05) is 0 Å². The fraction of sp³-hybridized carbons (Fsp3) is 0.316. The smallest absolute Gasteiger partial charge is 0.341 e. The molecule has 0 atom stereocenters. The van der Waals surface area contributed by atoms with Crippen molar-refractivity contribution in [3.8, 4) is 0 Å². The molecule has 0 aliphatic carbocycles. The molecule has 3 heterocycles. The molecule has 27 heavy (non-hydrogen) atoms. The second kappa shape index (κ2) is 6.88. The largest absolute Gasteiger partial charge is 0.462 e. The van der Waals surface area contributed by atoms with Crippen LogP contribution >= 0.6 is 0 Å². The van der Waals surface area contributed by atoms with Crippen molar-refractivity contribution in [2.45, 2.75) is 6.92 Å². The average molecular weight is 369 g/mol. The number of benzene rings is 1. The standard InChI is InChI=1S/C19H19N3O5/c1-2-26-19(24)14-10-13-16(23)12-9-11(22-5-7-25-8-6-22)3-4-15(12)27-18(13)21-17(14)20/h3-4,9-10H,2,5-8H2,1H3,(H2,20,21). The van der Waals surface area contributed by atoms with Crippen LogP contribution in [0.25, 0.3) is 22.1 Å². The number of aromatic nitrogens is 1. The quantitative estimate of drug-likeness (QED) is 0.551. The van der Waals surface area contributed by atoms with Gasteiger partial charge in [-0.25, -0.2) is 4.79 Å². The molecule has 1 saturated heterocycles. The lowest BCUT2D eigenvalue weighted by Gasteiger charge is -2.28. The molecule has 0 spiro atoms. The van der Waals surface area contributed by atoms with E-state index in [9.17, 15) is 9.59 Å². The lowest BCUT2D eigenvalue weighted by Crippen LogP contribution is -2.36. The van der Waals surface area contributed by atoms with Crippen molar-refractivity contribution in [3.05, 3.63) is 40.1 Å². The zero-order chi connectivity index (χ0) is 19.0. The molecule has 0 saturated carbocycles. The van der Waals surface area contributed by atoms with Gasteiger partial charge in [0.2, 0.25) is 11.1 Å². The molecule has 1 aromatic carbocycles. The first-order valence-corrected chi connectivity index (χ1v) is 8.75. The number of carbonyl (C=O) groups is 1. The summed E-state index contributed by atoms with van der Waals surface area (Å²) in [5.74, 6) is -0.653. The van der Waals surface area contributed by atoms with Gasteiger partial charge in [-0.2, -0.15) is 4.98 Å². The summed E-state index contributed by atoms with van der Waals surface area (Å²) in [7, 11) is 0. The number of nitrogens with two attached hydrogens (primary N) is 1. The van der Waals surface area contributed by atoms with Crippen LogP contribution in [0.1, 0.15) is 17.3 Å². The molecule has 1 aliphatic rings. The number of carbonyl (C=O) groups excluding carboxylic acids is 1. The Morgan fingerprint density at radius 2 is 2.04 bits per heavy atom. The molecule has 8 nitrogen and oxygen atoms in total. The van der Waals surface area contributed by atoms with E-state index >= 15 is 0 Å². The van der Waals surface area contributed by atoms with Crippen LogP contribution in [-0.2, 0) is 9.47 Å². The Balaban J connectivity index is 1.88. The third-order valence-electron chi connectivity index (χ3n) is 4.55. The van der Waals surface area contributed by atoms with Crippen LogP contribution in [0.5, 0.6) is 0 Å². The molecular weight excluding hydrogens is 350 g/mol. The minimum Gasteiger partial charge on any atom is -0.462 e. The Morgan fingerprint density at radius 1 is 1.26 bits per heavy atom. The maximum Gasteiger partial charge on any atom is 0.341 e. The number of rotatable bonds is 3. The van der Waals surface area contributed by atoms with Gasteiger partial charge in [0.15, 0.2) is 0 Å². The lowest BCUT2D eigenvalue weighted by molar-refractivity contribution is 0.0527. The van der Waals surface area contributed by atoms with Gasteiger partial charge in [-0.15, -0.1) is 0 Å². The van der Waals surface area contributed by atoms with Crippen LogP contribution in [0.2, 0.25) is 0 Å². The van der Waals surface area contributed by atoms with Crippen LogP contribution < -0.4 is 16.1 Å². The number of nitrogen functional groups attached to an aromatic ring is 1. The highest BCUT2D eigenvalue weighted by Gasteiger charge is 2.19. The van der Waals surface area contributed by atoms with Gasteiger partial charge >= 0.3 is 5.97 Å². The van der Waals surface area contributed by atoms with Gasteiger partial charge in [0.1, 0.15) is 17.0 Å². The minimum atomic E-state index is -0.619. The van der Waals surface area contributed by atoms with Gasteiger partial charge in [0.25, 0.3) is 0 Å². The molecule has 3 aromatic rings. The number of nitrogens with zero attached hydrogens (tertiary/aromatic N) is 2. The number of anilines is 2. The van der Waals surface area contributed by atoms with Crippen LogP contribution in [0.4, 0.5) is 11.5 Å². The molecule has 0 bridgehead atoms. The van der Waals surface area contributed by atoms with Crippen molar-refractivity contribution in [3.63, 3.8) is 0 Å². The Labute approximate surface area is 154 Å². The van der Waals surface area contributed by atoms with E-state index in [4.69, 9.17) is 19.6 Å². The summed E-state index contributed by atoms with van der Waals surface area (Å²) >= 11 is 0. The number of morpholine rings is 1. The highest BCUT2D eigenvalue weighted by atomic mass is 16.5. The van der Waals surface area contributed by atoms with E-state index in [0.717, 1.165) is 18.8 Å². The third kappa shape index (κ3) is 3.08. The van der Waals surface area contributed by atoms with E-state index in [-0.39, 0.29) is 34.5 Å². The highest BCUT2D eigenvalue weighted by molar-refractivity contribution is 5.99. The molecule has 0 unspecified atom stereocenters. The summed E-state index contributed by atoms with van der Waals surface area (Å²) in [6, 6.07) is 6.84. The Hall–Kier alpha value is -3.13. The summed E-state index contributed by atoms with van der Waals surface area (Å²) in [6.45, 7) is 4.71. The maximum atomic E-state index is 13.0. The first-order valence-electron chi connectivity index (χ1n) is 8.75. The molecule has 1 fully saturated rings. The van der Waals surface area contributed by atoms with E-state index in [1.165, 1.54) is 6.07 Å². The maximum absolute atomic E-state index is 13.0. The first kappa shape index (κ1) is 17.3. The first-order chi connectivity index (χ1) is 13.1. The SMILES string of the molecule is CCOC(=O)c1cc2c(=O)c3cc(N4CCOCC4)ccc3oc2nc1N. The summed E-state index contributed by atoms with van der Waals surface area (Å²) in [6.07, 6.45) is 0. The van der Waals surface area contributed by atoms with Gasteiger partial charge in [0, 0.05) is 18.8 Å². The van der Waals surface area contributed by atoms with E-state index in [2.05, 4.69) is 9.88 Å². The van der Waals surface area contributed by atoms with Gasteiger partial charge in [0.05, 0.1) is 30.6 Å². The second-order valence-electron chi connectivity index (χ2n) is 6.21. The normalized spacial score (nSPS) is 14.6. The minimum absolute atomic E-state index is 0.0339. The van der Waals surface area contributed by atoms with E-state index in [1.807, 2.05) is 6.07 Å². The summed E-state index contributed by atoms with van der Waals surface area (Å²) < 4.78 is 16.1. The summed E-state index contributed by atoms with van der Waals surface area (Å²) in [5, 5.41) is 0.617. The Morgan fingerprint density at radius 3 is 2.78 bits per heavy atom. The van der Waals surface area contributed by atoms with Gasteiger partial charge < -0.3 is 24.5 Å². The van der Waals surface area contributed by atoms with Crippen molar-refractivity contribution < 1.29 is 18.7 Å². The van der Waals surface area contributed by atoms with E-state index in [0.29, 0.717) is 24.2 Å². The zero-order valence-corrected chi connectivity index (χ0v) is 14.9. The van der Waals surface area contributed by atoms with Crippen LogP contribution in [-0.4, -0.2) is 43.9 Å². The Bertz CT molecular complexity index is 1090. The molecule has 2 N–H and O–H groups in total. The number of pyridine rings is 1. The fourth-order valence-corrected chi connectivity index (χ4v) is 3.17. The van der Waals surface area contributed by atoms with Gasteiger partial charge in [-0.05, 0) is 31.2 Å². The second-order valence-corrected chi connectivity index (χ2v) is 6.21. The van der Waals surface area contributed by atoms with Gasteiger partial charge in [-0.3, -0.25) is 4.79 Å². The number of hydrogen-bond acceptors (Lipinski definition) is 8. The Kier molecular flexibility index (Phi) is 4.41. The zero-order valence-electron chi connectivity index (χ0n) is 14.9. The van der Waals surface area contributed by atoms with Crippen molar-refractivity contribution in [2.75, 3.05) is 43.5 Å². The molecule has 0 radical (unpaired) electrons.